The molecule has 1 atom stereocenters. The first kappa shape index (κ1) is 17.9. The van der Waals surface area contributed by atoms with Crippen LogP contribution in [0.25, 0.3) is 0 Å². The smallest absolute Gasteiger partial charge is 0.274 e. The molecular weight excluding hydrogens is 330 g/mol. The van der Waals surface area contributed by atoms with Gasteiger partial charge in [0.25, 0.3) is 11.5 Å². The minimum Gasteiger partial charge on any atom is -0.334 e. The summed E-state index contributed by atoms with van der Waals surface area (Å²) in [7, 11) is -0.149. The Labute approximate surface area is 140 Å². The maximum atomic E-state index is 12.5. The molecule has 2 rings (SSSR count). The average Bonchev–Trinajstić information content (AvgIpc) is 2.54. The van der Waals surface area contributed by atoms with Crippen molar-refractivity contribution < 1.29 is 13.2 Å². The Balaban J connectivity index is 2.25. The first-order valence-corrected chi connectivity index (χ1v) is 9.12. The Morgan fingerprint density at radius 1 is 1.17 bits per heavy atom. The predicted octanol–water partition coefficient (Wildman–Crippen LogP) is 1.02. The summed E-state index contributed by atoms with van der Waals surface area (Å²) in [5.41, 5.74) is 0.667. The molecule has 7 nitrogen and oxygen atoms in total. The molecule has 0 saturated heterocycles. The fourth-order valence-corrected chi connectivity index (χ4v) is 2.82. The lowest BCUT2D eigenvalue weighted by Crippen LogP contribution is -2.32. The van der Waals surface area contributed by atoms with Gasteiger partial charge in [0, 0.05) is 26.4 Å². The van der Waals surface area contributed by atoms with E-state index >= 15 is 0 Å². The minimum atomic E-state index is -3.26. The van der Waals surface area contributed by atoms with Gasteiger partial charge in [-0.3, -0.25) is 9.59 Å². The molecular formula is C16H19N3O4S. The maximum Gasteiger partial charge on any atom is 0.274 e. The van der Waals surface area contributed by atoms with Crippen LogP contribution in [-0.4, -0.2) is 42.3 Å². The van der Waals surface area contributed by atoms with Crippen LogP contribution in [-0.2, 0) is 16.9 Å². The third kappa shape index (κ3) is 3.70. The molecule has 0 N–H and O–H groups in total. The SMILES string of the molecule is C[C@H](c1ccc(S(C)(=O)=O)cc1)N(C)C(=O)c1ccc(=O)n(C)n1. The molecule has 0 fully saturated rings. The van der Waals surface area contributed by atoms with E-state index in [1.54, 1.807) is 19.2 Å². The van der Waals surface area contributed by atoms with Crippen LogP contribution in [0.4, 0.5) is 0 Å². The highest BCUT2D eigenvalue weighted by molar-refractivity contribution is 7.90. The van der Waals surface area contributed by atoms with Crippen LogP contribution in [0.15, 0.2) is 46.1 Å². The van der Waals surface area contributed by atoms with Crippen LogP contribution in [0.2, 0.25) is 0 Å². The molecule has 0 aliphatic carbocycles. The molecule has 0 bridgehead atoms. The van der Waals surface area contributed by atoms with E-state index in [0.29, 0.717) is 0 Å². The lowest BCUT2D eigenvalue weighted by atomic mass is 10.1. The molecule has 0 aliphatic rings. The summed E-state index contributed by atoms with van der Waals surface area (Å²) in [6, 6.07) is 8.79. The third-order valence-electron chi connectivity index (χ3n) is 3.87. The van der Waals surface area contributed by atoms with Crippen LogP contribution in [0.5, 0.6) is 0 Å². The second kappa shape index (κ2) is 6.56. The molecule has 1 aromatic heterocycles. The van der Waals surface area contributed by atoms with Crippen molar-refractivity contribution >= 4 is 15.7 Å². The zero-order chi connectivity index (χ0) is 18.1. The van der Waals surface area contributed by atoms with Gasteiger partial charge in [0.05, 0.1) is 10.9 Å². The third-order valence-corrected chi connectivity index (χ3v) is 5.00. The molecule has 0 saturated carbocycles. The van der Waals surface area contributed by atoms with Crippen LogP contribution in [0, 0.1) is 0 Å². The summed E-state index contributed by atoms with van der Waals surface area (Å²) in [5, 5.41) is 3.95. The zero-order valence-corrected chi connectivity index (χ0v) is 14.7. The summed E-state index contributed by atoms with van der Waals surface area (Å²) in [6.07, 6.45) is 1.15. The molecule has 128 valence electrons. The van der Waals surface area contributed by atoms with Crippen molar-refractivity contribution in [3.8, 4) is 0 Å². The Kier molecular flexibility index (Phi) is 4.88. The number of carbonyl (C=O) groups is 1. The molecule has 24 heavy (non-hydrogen) atoms. The van der Waals surface area contributed by atoms with Gasteiger partial charge in [0.2, 0.25) is 0 Å². The number of sulfone groups is 1. The van der Waals surface area contributed by atoms with Gasteiger partial charge in [-0.15, -0.1) is 0 Å². The fourth-order valence-electron chi connectivity index (χ4n) is 2.19. The van der Waals surface area contributed by atoms with Gasteiger partial charge in [-0.1, -0.05) is 12.1 Å². The quantitative estimate of drug-likeness (QED) is 0.822. The topological polar surface area (TPSA) is 89.3 Å². The number of hydrogen-bond acceptors (Lipinski definition) is 5. The van der Waals surface area contributed by atoms with Gasteiger partial charge in [0.15, 0.2) is 9.84 Å². The number of hydrogen-bond donors (Lipinski definition) is 0. The lowest BCUT2D eigenvalue weighted by molar-refractivity contribution is 0.0734. The van der Waals surface area contributed by atoms with E-state index in [0.717, 1.165) is 16.5 Å². The number of benzene rings is 1. The first-order valence-electron chi connectivity index (χ1n) is 7.23. The highest BCUT2D eigenvalue weighted by Crippen LogP contribution is 2.21. The summed E-state index contributed by atoms with van der Waals surface area (Å²) in [4.78, 5) is 25.6. The van der Waals surface area contributed by atoms with Crippen molar-refractivity contribution in [2.75, 3.05) is 13.3 Å². The van der Waals surface area contributed by atoms with Crippen molar-refractivity contribution in [3.63, 3.8) is 0 Å². The molecule has 0 radical (unpaired) electrons. The number of aryl methyl sites for hydroxylation is 1. The molecule has 1 aromatic carbocycles. The van der Waals surface area contributed by atoms with Gasteiger partial charge < -0.3 is 4.90 Å². The van der Waals surface area contributed by atoms with Crippen molar-refractivity contribution in [2.45, 2.75) is 17.9 Å². The molecule has 1 heterocycles. The van der Waals surface area contributed by atoms with Gasteiger partial charge in [-0.2, -0.15) is 5.10 Å². The van der Waals surface area contributed by atoms with Crippen molar-refractivity contribution in [1.29, 1.82) is 0 Å². The summed E-state index contributed by atoms with van der Waals surface area (Å²) in [6.45, 7) is 1.83. The summed E-state index contributed by atoms with van der Waals surface area (Å²) < 4.78 is 24.1. The van der Waals surface area contributed by atoms with Crippen LogP contribution in [0.3, 0.4) is 0 Å². The largest absolute Gasteiger partial charge is 0.334 e. The van der Waals surface area contributed by atoms with Crippen LogP contribution < -0.4 is 5.56 Å². The molecule has 2 aromatic rings. The van der Waals surface area contributed by atoms with Crippen molar-refractivity contribution in [2.24, 2.45) is 7.05 Å². The summed E-state index contributed by atoms with van der Waals surface area (Å²) >= 11 is 0. The Morgan fingerprint density at radius 3 is 2.25 bits per heavy atom. The van der Waals surface area contributed by atoms with E-state index in [9.17, 15) is 18.0 Å². The van der Waals surface area contributed by atoms with Gasteiger partial charge >= 0.3 is 0 Å². The standard InChI is InChI=1S/C16H19N3O4S/c1-11(12-5-7-13(8-6-12)24(4,22)23)18(2)16(21)14-9-10-15(20)19(3)17-14/h5-11H,1-4H3/t11-/m1/s1. The Hall–Kier alpha value is -2.48. The fraction of sp³-hybridized carbons (Fsp3) is 0.312. The van der Waals surface area contributed by atoms with E-state index in [2.05, 4.69) is 5.10 Å². The lowest BCUT2D eigenvalue weighted by Gasteiger charge is -2.25. The van der Waals surface area contributed by atoms with E-state index in [-0.39, 0.29) is 28.1 Å². The molecule has 0 unspecified atom stereocenters. The Morgan fingerprint density at radius 2 is 1.75 bits per heavy atom. The van der Waals surface area contributed by atoms with E-state index in [1.165, 1.54) is 36.2 Å². The maximum absolute atomic E-state index is 12.5. The predicted molar refractivity (Wildman–Crippen MR) is 89.5 cm³/mol. The van der Waals surface area contributed by atoms with E-state index in [4.69, 9.17) is 0 Å². The molecule has 8 heteroatoms. The van der Waals surface area contributed by atoms with Crippen molar-refractivity contribution in [3.05, 3.63) is 58.0 Å². The monoisotopic (exact) mass is 349 g/mol. The summed E-state index contributed by atoms with van der Waals surface area (Å²) in [5.74, 6) is -0.328. The number of rotatable bonds is 4. The minimum absolute atomic E-state index is 0.166. The first-order chi connectivity index (χ1) is 11.1. The van der Waals surface area contributed by atoms with Crippen LogP contribution in [0.1, 0.15) is 29.0 Å². The highest BCUT2D eigenvalue weighted by atomic mass is 32.2. The molecule has 0 aliphatic heterocycles. The van der Waals surface area contributed by atoms with Gasteiger partial charge in [0.1, 0.15) is 5.69 Å². The van der Waals surface area contributed by atoms with Crippen LogP contribution >= 0.6 is 0 Å². The normalized spacial score (nSPS) is 12.7. The zero-order valence-electron chi connectivity index (χ0n) is 13.9. The number of carbonyl (C=O) groups excluding carboxylic acids is 1. The van der Waals surface area contributed by atoms with E-state index < -0.39 is 9.84 Å². The second-order valence-electron chi connectivity index (χ2n) is 5.61. The molecule has 0 spiro atoms. The van der Waals surface area contributed by atoms with Gasteiger partial charge in [-0.25, -0.2) is 13.1 Å². The van der Waals surface area contributed by atoms with Crippen molar-refractivity contribution in [1.82, 2.24) is 14.7 Å². The van der Waals surface area contributed by atoms with E-state index in [1.807, 2.05) is 6.92 Å². The number of amides is 1. The average molecular weight is 349 g/mol. The number of nitrogens with zero attached hydrogens (tertiary/aromatic N) is 3. The Bertz CT molecular complexity index is 917. The molecule has 1 amide bonds. The van der Waals surface area contributed by atoms with Gasteiger partial charge in [-0.05, 0) is 30.7 Å². The number of aromatic nitrogens is 2. The highest BCUT2D eigenvalue weighted by Gasteiger charge is 2.21. The second-order valence-corrected chi connectivity index (χ2v) is 7.63.